The number of hydrogen-bond donors (Lipinski definition) is 0. The Morgan fingerprint density at radius 2 is 0.508 bits per heavy atom. The van der Waals surface area contributed by atoms with Crippen LogP contribution in [0.3, 0.4) is 0 Å². The second-order valence-electron chi connectivity index (χ2n) is 21.2. The van der Waals surface area contributed by atoms with Gasteiger partial charge < -0.3 is 14.2 Å². The Morgan fingerprint density at radius 3 is 0.754 bits per heavy atom. The van der Waals surface area contributed by atoms with Gasteiger partial charge in [-0.15, -0.1) is 0 Å². The molecule has 386 valence electrons. The SMILES string of the molecule is CCCCCCCCCCCCCCCCCCCC(=O)O[C@@H](COC(=O)CCCCCCCCCCCCCCCC(C)C)COC(=O)CCCCCCCCCCCCCC(C)C. The van der Waals surface area contributed by atoms with Crippen LogP contribution in [0.2, 0.25) is 0 Å². The van der Waals surface area contributed by atoms with Gasteiger partial charge in [-0.3, -0.25) is 14.4 Å². The zero-order valence-corrected chi connectivity index (χ0v) is 44.6. The van der Waals surface area contributed by atoms with E-state index in [4.69, 9.17) is 14.2 Å². The van der Waals surface area contributed by atoms with Gasteiger partial charge in [0.05, 0.1) is 0 Å². The van der Waals surface area contributed by atoms with Gasteiger partial charge in [-0.2, -0.15) is 0 Å². The molecule has 0 N–H and O–H groups in total. The fourth-order valence-electron chi connectivity index (χ4n) is 9.05. The molecule has 65 heavy (non-hydrogen) atoms. The molecule has 0 saturated heterocycles. The fraction of sp³-hybridized carbons (Fsp3) is 0.949. The van der Waals surface area contributed by atoms with Crippen LogP contribution in [0.5, 0.6) is 0 Å². The van der Waals surface area contributed by atoms with E-state index in [1.54, 1.807) is 0 Å². The Balaban J connectivity index is 4.30. The van der Waals surface area contributed by atoms with Crippen LogP contribution < -0.4 is 0 Å². The zero-order valence-electron chi connectivity index (χ0n) is 44.6. The van der Waals surface area contributed by atoms with Crippen molar-refractivity contribution in [3.63, 3.8) is 0 Å². The molecule has 0 aliphatic heterocycles. The van der Waals surface area contributed by atoms with Crippen molar-refractivity contribution in [3.05, 3.63) is 0 Å². The monoisotopic (exact) mass is 919 g/mol. The minimum Gasteiger partial charge on any atom is -0.462 e. The van der Waals surface area contributed by atoms with Crippen LogP contribution in [0.15, 0.2) is 0 Å². The maximum Gasteiger partial charge on any atom is 0.306 e. The van der Waals surface area contributed by atoms with Crippen LogP contribution in [0, 0.1) is 11.8 Å². The lowest BCUT2D eigenvalue weighted by Crippen LogP contribution is -2.30. The first kappa shape index (κ1) is 63.4. The van der Waals surface area contributed by atoms with E-state index in [0.717, 1.165) is 69.6 Å². The van der Waals surface area contributed by atoms with E-state index in [2.05, 4.69) is 34.6 Å². The third-order valence-corrected chi connectivity index (χ3v) is 13.5. The molecule has 0 fully saturated rings. The van der Waals surface area contributed by atoms with Crippen molar-refractivity contribution in [2.45, 2.75) is 336 Å². The number of ether oxygens (including phenoxy) is 3. The summed E-state index contributed by atoms with van der Waals surface area (Å²) in [5.41, 5.74) is 0. The first-order chi connectivity index (χ1) is 31.7. The Labute approximate surface area is 406 Å². The highest BCUT2D eigenvalue weighted by Crippen LogP contribution is 2.18. The average molecular weight is 920 g/mol. The van der Waals surface area contributed by atoms with Gasteiger partial charge in [0.1, 0.15) is 13.2 Å². The van der Waals surface area contributed by atoms with E-state index in [0.29, 0.717) is 19.3 Å². The van der Waals surface area contributed by atoms with Gasteiger partial charge in [0.25, 0.3) is 0 Å². The van der Waals surface area contributed by atoms with Crippen LogP contribution >= 0.6 is 0 Å². The summed E-state index contributed by atoms with van der Waals surface area (Å²) in [5, 5.41) is 0. The zero-order chi connectivity index (χ0) is 47.5. The number of esters is 3. The quantitative estimate of drug-likeness (QED) is 0.0344. The predicted molar refractivity (Wildman–Crippen MR) is 280 cm³/mol. The molecule has 0 bridgehead atoms. The summed E-state index contributed by atoms with van der Waals surface area (Å²) in [5.74, 6) is 0.828. The van der Waals surface area contributed by atoms with Gasteiger partial charge in [0, 0.05) is 19.3 Å². The second kappa shape index (κ2) is 51.8. The van der Waals surface area contributed by atoms with Crippen molar-refractivity contribution >= 4 is 17.9 Å². The van der Waals surface area contributed by atoms with Crippen LogP contribution in [0.1, 0.15) is 330 Å². The molecule has 6 nitrogen and oxygen atoms in total. The first-order valence-corrected chi connectivity index (χ1v) is 29.2. The Morgan fingerprint density at radius 1 is 0.292 bits per heavy atom. The van der Waals surface area contributed by atoms with E-state index in [-0.39, 0.29) is 31.1 Å². The Bertz CT molecular complexity index is 993. The molecule has 0 unspecified atom stereocenters. The van der Waals surface area contributed by atoms with Crippen molar-refractivity contribution < 1.29 is 28.6 Å². The molecule has 0 aromatic carbocycles. The molecule has 6 heteroatoms. The highest BCUT2D eigenvalue weighted by atomic mass is 16.6. The van der Waals surface area contributed by atoms with E-state index < -0.39 is 6.10 Å². The number of hydrogen-bond acceptors (Lipinski definition) is 6. The van der Waals surface area contributed by atoms with Gasteiger partial charge in [-0.25, -0.2) is 0 Å². The predicted octanol–water partition coefficient (Wildman–Crippen LogP) is 19.3. The van der Waals surface area contributed by atoms with Crippen LogP contribution in [-0.2, 0) is 28.6 Å². The Hall–Kier alpha value is -1.59. The topological polar surface area (TPSA) is 78.9 Å². The summed E-state index contributed by atoms with van der Waals surface area (Å²) >= 11 is 0. The third kappa shape index (κ3) is 53.2. The molecule has 1 atom stereocenters. The van der Waals surface area contributed by atoms with Crippen molar-refractivity contribution in [2.24, 2.45) is 11.8 Å². The van der Waals surface area contributed by atoms with Crippen LogP contribution in [0.4, 0.5) is 0 Å². The molecule has 0 rings (SSSR count). The second-order valence-corrected chi connectivity index (χ2v) is 21.2. The summed E-state index contributed by atoms with van der Waals surface area (Å²) in [6.07, 6.45) is 55.2. The average Bonchev–Trinajstić information content (AvgIpc) is 3.28. The van der Waals surface area contributed by atoms with E-state index in [9.17, 15) is 14.4 Å². The van der Waals surface area contributed by atoms with Crippen LogP contribution in [0.25, 0.3) is 0 Å². The molecular weight excluding hydrogens is 805 g/mol. The molecular formula is C59H114O6. The highest BCUT2D eigenvalue weighted by molar-refractivity contribution is 5.71. The summed E-state index contributed by atoms with van der Waals surface area (Å²) in [6, 6.07) is 0. The number of rotatable bonds is 53. The molecule has 0 heterocycles. The standard InChI is InChI=1S/C59H114O6/c1-6-7-8-9-10-11-12-13-14-15-16-19-25-31-36-41-46-51-59(62)65-56(53-64-58(61)50-45-40-35-30-26-21-23-28-33-38-43-48-55(4)5)52-63-57(60)49-44-39-34-29-24-20-17-18-22-27-32-37-42-47-54(2)3/h54-56H,6-53H2,1-5H3/t56-/m0/s1. The molecule has 0 saturated carbocycles. The van der Waals surface area contributed by atoms with Crippen LogP contribution in [-0.4, -0.2) is 37.2 Å². The largest absolute Gasteiger partial charge is 0.462 e. The first-order valence-electron chi connectivity index (χ1n) is 29.2. The fourth-order valence-corrected chi connectivity index (χ4v) is 9.05. The van der Waals surface area contributed by atoms with Crippen molar-refractivity contribution in [2.75, 3.05) is 13.2 Å². The molecule has 0 aromatic rings. The van der Waals surface area contributed by atoms with E-state index >= 15 is 0 Å². The van der Waals surface area contributed by atoms with Crippen molar-refractivity contribution in [3.8, 4) is 0 Å². The minimum absolute atomic E-state index is 0.0627. The lowest BCUT2D eigenvalue weighted by Gasteiger charge is -2.18. The lowest BCUT2D eigenvalue weighted by molar-refractivity contribution is -0.167. The van der Waals surface area contributed by atoms with Gasteiger partial charge in [0.15, 0.2) is 6.10 Å². The van der Waals surface area contributed by atoms with Crippen molar-refractivity contribution in [1.29, 1.82) is 0 Å². The molecule has 0 amide bonds. The number of unbranched alkanes of at least 4 members (excludes halogenated alkanes) is 38. The maximum absolute atomic E-state index is 12.9. The van der Waals surface area contributed by atoms with Gasteiger partial charge in [-0.05, 0) is 31.1 Å². The number of carbonyl (C=O) groups is 3. The normalized spacial score (nSPS) is 12.0. The minimum atomic E-state index is -0.763. The van der Waals surface area contributed by atoms with E-state index in [1.165, 1.54) is 218 Å². The van der Waals surface area contributed by atoms with Gasteiger partial charge in [0.2, 0.25) is 0 Å². The van der Waals surface area contributed by atoms with Crippen molar-refractivity contribution in [1.82, 2.24) is 0 Å². The summed E-state index contributed by atoms with van der Waals surface area (Å²) in [7, 11) is 0. The smallest absolute Gasteiger partial charge is 0.306 e. The summed E-state index contributed by atoms with van der Waals surface area (Å²) in [4.78, 5) is 38.2. The van der Waals surface area contributed by atoms with E-state index in [1.807, 2.05) is 0 Å². The molecule has 0 aliphatic carbocycles. The number of carbonyl (C=O) groups excluding carboxylic acids is 3. The van der Waals surface area contributed by atoms with Gasteiger partial charge in [-0.1, -0.05) is 291 Å². The Kier molecular flexibility index (Phi) is 50.5. The maximum atomic E-state index is 12.9. The molecule has 0 aliphatic rings. The van der Waals surface area contributed by atoms with Gasteiger partial charge >= 0.3 is 17.9 Å². The molecule has 0 radical (unpaired) electrons. The molecule has 0 aromatic heterocycles. The molecule has 0 spiro atoms. The summed E-state index contributed by atoms with van der Waals surface area (Å²) < 4.78 is 16.9. The summed E-state index contributed by atoms with van der Waals surface area (Å²) in [6.45, 7) is 11.4. The lowest BCUT2D eigenvalue weighted by atomic mass is 10.0. The highest BCUT2D eigenvalue weighted by Gasteiger charge is 2.19. The third-order valence-electron chi connectivity index (χ3n) is 13.5.